The van der Waals surface area contributed by atoms with Crippen molar-refractivity contribution in [1.29, 1.82) is 0 Å². The Morgan fingerprint density at radius 3 is 0.600 bits per heavy atom. The van der Waals surface area contributed by atoms with Gasteiger partial charge in [-0.15, -0.1) is 0 Å². The predicted octanol–water partition coefficient (Wildman–Crippen LogP) is -3.57. The van der Waals surface area contributed by atoms with Crippen molar-refractivity contribution >= 4 is 91.0 Å². The number of aromatic nitrogens is 3. The molecule has 0 spiro atoms. The van der Waals surface area contributed by atoms with Crippen LogP contribution >= 0.6 is 0 Å². The van der Waals surface area contributed by atoms with Crippen LogP contribution in [-0.4, -0.2) is 88.1 Å². The minimum absolute atomic E-state index is 0. The fourth-order valence-electron chi connectivity index (χ4n) is 2.57. The molecule has 0 aromatic carbocycles. The number of amides is 6. The van der Waals surface area contributed by atoms with Gasteiger partial charge in [0.15, 0.2) is 0 Å². The molecule has 1 rings (SSSR count). The zero-order valence-electron chi connectivity index (χ0n) is 21.6. The molecule has 0 saturated heterocycles. The maximum Gasteiger partial charge on any atom is 0.245 e. The molecule has 0 N–H and O–H groups in total. The molecule has 0 aliphatic heterocycles. The minimum Gasteiger partial charge on any atom is -0.541 e. The second-order valence-electron chi connectivity index (χ2n) is 6.53. The molecule has 6 amide bonds. The smallest absolute Gasteiger partial charge is 0.245 e. The fourth-order valence-corrected chi connectivity index (χ4v) is 2.57. The normalized spacial score (nSPS) is 8.53. The molecule has 1 heterocycles. The minimum atomic E-state index is -1.44. The van der Waals surface area contributed by atoms with Crippen molar-refractivity contribution in [2.24, 2.45) is 0 Å². The molecule has 0 aliphatic rings. The van der Waals surface area contributed by atoms with Crippen LogP contribution in [0, 0.1) is 0 Å². The molecule has 45 heavy (non-hydrogen) atoms. The van der Waals surface area contributed by atoms with Gasteiger partial charge in [-0.1, -0.05) is 38.5 Å². The Morgan fingerprint density at radius 2 is 0.489 bits per heavy atom. The standard InChI is InChI=1S/C21H12N6O12.6Re/c28-7-1-13(34)25(14(35)2-8-29)19-22-20(26(15(36)3-9-30)16(37)4-10-31)24-21(23-19)27(17(38)5-11-32)18(39)6-12-33;;;;;;/h1-6H2;;;;;;/q-6;;;;;;. The maximum absolute atomic E-state index is 12.5. The summed E-state index contributed by atoms with van der Waals surface area (Å²) in [5.41, 5.74) is 0. The van der Waals surface area contributed by atoms with Gasteiger partial charge in [0.1, 0.15) is 0 Å². The van der Waals surface area contributed by atoms with Gasteiger partial charge in [0.2, 0.25) is 53.3 Å². The van der Waals surface area contributed by atoms with Crippen LogP contribution in [0.15, 0.2) is 0 Å². The number of carbonyl (C=O) groups is 6. The van der Waals surface area contributed by atoms with Gasteiger partial charge >= 0.3 is 0 Å². The summed E-state index contributed by atoms with van der Waals surface area (Å²) in [7, 11) is 0. The monoisotopic (exact) mass is 1660 g/mol. The largest absolute Gasteiger partial charge is 0.541 e. The second-order valence-corrected chi connectivity index (χ2v) is 6.53. The first kappa shape index (κ1) is 55.8. The molecule has 0 unspecified atom stereocenters. The number of carbonyl (C=O) groups excluding carboxylic acids is 12. The maximum atomic E-state index is 12.5. The van der Waals surface area contributed by atoms with Crippen molar-refractivity contribution in [3.05, 3.63) is 0 Å². The van der Waals surface area contributed by atoms with E-state index in [9.17, 15) is 57.5 Å². The summed E-state index contributed by atoms with van der Waals surface area (Å²) < 4.78 is 0. The van der Waals surface area contributed by atoms with Gasteiger partial charge in [-0.25, -0.2) is 14.7 Å². The van der Waals surface area contributed by atoms with Gasteiger partial charge in [-0.2, -0.15) is 15.0 Å². The third kappa shape index (κ3) is 16.7. The number of imide groups is 3. The number of nitrogens with zero attached hydrogens (tertiary/aromatic N) is 6. The van der Waals surface area contributed by atoms with E-state index in [-0.39, 0.29) is 137 Å². The first-order chi connectivity index (χ1) is 18.6. The van der Waals surface area contributed by atoms with Gasteiger partial charge in [0.05, 0.1) is 0 Å². The fraction of sp³-hybridized carbons (Fsp3) is 0.286. The molecule has 0 saturated carbocycles. The first-order valence-corrected chi connectivity index (χ1v) is 10.0. The Bertz CT molecular complexity index is 1030. The van der Waals surface area contributed by atoms with E-state index in [2.05, 4.69) is 15.0 Å². The summed E-state index contributed by atoms with van der Waals surface area (Å²) in [6.07, 6.45) is 0.135. The van der Waals surface area contributed by atoms with Crippen LogP contribution in [-0.2, 0) is 180 Å². The van der Waals surface area contributed by atoms with Crippen molar-refractivity contribution in [2.75, 3.05) is 14.7 Å². The van der Waals surface area contributed by atoms with E-state index < -0.39 is 91.8 Å². The molecule has 0 aliphatic carbocycles. The average molecular weight is 1660 g/mol. The third-order valence-electron chi connectivity index (χ3n) is 4.04. The van der Waals surface area contributed by atoms with E-state index in [0.29, 0.717) is 0 Å². The van der Waals surface area contributed by atoms with Crippen LogP contribution in [0.25, 0.3) is 0 Å². The summed E-state index contributed by atoms with van der Waals surface area (Å²) in [5, 5.41) is 0. The topological polar surface area (TPSA) is 253 Å². The van der Waals surface area contributed by atoms with Crippen molar-refractivity contribution in [3.63, 3.8) is 0 Å². The average Bonchev–Trinajstić information content (AvgIpc) is 2.85. The van der Waals surface area contributed by atoms with E-state index in [4.69, 9.17) is 0 Å². The molecule has 246 valence electrons. The quantitative estimate of drug-likeness (QED) is 0.122. The summed E-state index contributed by atoms with van der Waals surface area (Å²) in [6, 6.07) is 0. The molecular weight excluding hydrogens is 1650 g/mol. The van der Waals surface area contributed by atoms with Gasteiger partial charge in [-0.3, -0.25) is 66.5 Å². The molecule has 1 aromatic rings. The Kier molecular flexibility index (Phi) is 37.0. The predicted molar refractivity (Wildman–Crippen MR) is 119 cm³/mol. The van der Waals surface area contributed by atoms with E-state index >= 15 is 0 Å². The molecule has 0 bridgehead atoms. The number of hydrogen-bond donors (Lipinski definition) is 0. The summed E-state index contributed by atoms with van der Waals surface area (Å²) in [6.45, 7) is 0. The van der Waals surface area contributed by atoms with Crippen LogP contribution in [0.4, 0.5) is 17.8 Å². The zero-order valence-corrected chi connectivity index (χ0v) is 37.9. The van der Waals surface area contributed by atoms with Crippen LogP contribution in [0.5, 0.6) is 0 Å². The van der Waals surface area contributed by atoms with E-state index in [1.165, 1.54) is 0 Å². The van der Waals surface area contributed by atoms with Crippen molar-refractivity contribution < 1.29 is 180 Å². The van der Waals surface area contributed by atoms with Crippen molar-refractivity contribution in [3.8, 4) is 0 Å². The SMILES string of the molecule is O=[C-]CC(=O)N(C(=O)C[C-]=O)c1nc(N(C(=O)C[C-]=O)C(=O)C[C-]=O)nc(N(C(=O)C[C-]=O)C(=O)C[C-]=O)n1.[Re].[Re].[Re].[Re].[Re].[Re]. The number of hydrogen-bond acceptors (Lipinski definition) is 15. The van der Waals surface area contributed by atoms with Crippen LogP contribution in [0.3, 0.4) is 0 Å². The molecule has 6 radical (unpaired) electrons. The zero-order chi connectivity index (χ0) is 29.5. The van der Waals surface area contributed by atoms with Gasteiger partial charge in [-0.05, 0) is 0 Å². The molecule has 1 aromatic heterocycles. The van der Waals surface area contributed by atoms with Crippen LogP contribution < -0.4 is 14.7 Å². The molecular formula is C21H12N6O12Re6-6. The number of rotatable bonds is 15. The Labute approximate surface area is 336 Å². The van der Waals surface area contributed by atoms with Gasteiger partial charge in [0.25, 0.3) is 0 Å². The third-order valence-corrected chi connectivity index (χ3v) is 4.04. The first-order valence-electron chi connectivity index (χ1n) is 10.0. The Hall–Kier alpha value is -1.58. The molecule has 0 atom stereocenters. The summed E-state index contributed by atoms with van der Waals surface area (Å²) in [5.74, 6) is -12.2. The van der Waals surface area contributed by atoms with Crippen LogP contribution in [0.2, 0.25) is 0 Å². The molecule has 0 fully saturated rings. The van der Waals surface area contributed by atoms with Gasteiger partial charge < -0.3 is 28.8 Å². The van der Waals surface area contributed by atoms with Crippen molar-refractivity contribution in [2.45, 2.75) is 38.5 Å². The van der Waals surface area contributed by atoms with Crippen LogP contribution in [0.1, 0.15) is 38.5 Å². The Balaban J connectivity index is -0.000000634. The second kappa shape index (κ2) is 29.8. The van der Waals surface area contributed by atoms with E-state index in [1.807, 2.05) is 0 Å². The van der Waals surface area contributed by atoms with E-state index in [1.54, 1.807) is 0 Å². The van der Waals surface area contributed by atoms with Crippen molar-refractivity contribution in [1.82, 2.24) is 15.0 Å². The summed E-state index contributed by atoms with van der Waals surface area (Å²) in [4.78, 5) is 150. The molecule has 18 nitrogen and oxygen atoms in total. The Morgan fingerprint density at radius 1 is 0.356 bits per heavy atom. The van der Waals surface area contributed by atoms with E-state index in [0.717, 1.165) is 37.7 Å². The summed E-state index contributed by atoms with van der Waals surface area (Å²) >= 11 is 0. The number of anilines is 3. The molecule has 24 heteroatoms. The van der Waals surface area contributed by atoms with Gasteiger partial charge in [0, 0.05) is 123 Å².